The van der Waals surface area contributed by atoms with E-state index in [1.54, 1.807) is 0 Å². The van der Waals surface area contributed by atoms with Crippen LogP contribution < -0.4 is 5.73 Å². The first-order valence-electron chi connectivity index (χ1n) is 3.76. The summed E-state index contributed by atoms with van der Waals surface area (Å²) in [6.07, 6.45) is 0.148. The van der Waals surface area contributed by atoms with E-state index in [2.05, 4.69) is 0 Å². The van der Waals surface area contributed by atoms with Gasteiger partial charge in [0, 0.05) is 5.88 Å². The van der Waals surface area contributed by atoms with E-state index in [1.165, 1.54) is 0 Å². The van der Waals surface area contributed by atoms with E-state index in [-0.39, 0.29) is 18.7 Å². The molecule has 0 aromatic rings. The molecule has 2 atom stereocenters. The van der Waals surface area contributed by atoms with E-state index >= 15 is 0 Å². The fourth-order valence-electron chi connectivity index (χ4n) is 0.881. The van der Waals surface area contributed by atoms with Gasteiger partial charge in [-0.25, -0.2) is 0 Å². The number of carboxylic acid groups (broad SMARTS) is 2. The van der Waals surface area contributed by atoms with Gasteiger partial charge in [-0.3, -0.25) is 9.59 Å². The molecule has 0 rings (SSSR count). The second-order valence-corrected chi connectivity index (χ2v) is 3.07. The van der Waals surface area contributed by atoms with Crippen molar-refractivity contribution in [2.24, 2.45) is 11.7 Å². The minimum Gasteiger partial charge on any atom is -0.481 e. The number of alkyl halides is 1. The molecule has 0 aromatic carbocycles. The number of carbonyl (C=O) groups is 2. The molecule has 0 aliphatic carbocycles. The Hall–Kier alpha value is -0.810. The zero-order chi connectivity index (χ0) is 10.4. The highest BCUT2D eigenvalue weighted by Crippen LogP contribution is 2.12. The Kier molecular flexibility index (Phi) is 5.41. The van der Waals surface area contributed by atoms with Gasteiger partial charge < -0.3 is 15.9 Å². The summed E-state index contributed by atoms with van der Waals surface area (Å²) >= 11 is 5.35. The number of hydrogen-bond donors (Lipinski definition) is 3. The van der Waals surface area contributed by atoms with E-state index in [1.807, 2.05) is 0 Å². The van der Waals surface area contributed by atoms with Crippen molar-refractivity contribution in [2.75, 3.05) is 5.88 Å². The van der Waals surface area contributed by atoms with Gasteiger partial charge in [0.05, 0.1) is 5.92 Å². The van der Waals surface area contributed by atoms with Gasteiger partial charge in [0.1, 0.15) is 6.04 Å². The van der Waals surface area contributed by atoms with Crippen LogP contribution in [-0.2, 0) is 9.59 Å². The fourth-order valence-corrected chi connectivity index (χ4v) is 1.14. The first kappa shape index (κ1) is 12.2. The Bertz CT molecular complexity index is 197. The number of hydrogen-bond acceptors (Lipinski definition) is 3. The van der Waals surface area contributed by atoms with Gasteiger partial charge in [-0.1, -0.05) is 0 Å². The molecule has 0 heterocycles. The summed E-state index contributed by atoms with van der Waals surface area (Å²) in [5, 5.41) is 17.1. The lowest BCUT2D eigenvalue weighted by atomic mass is 9.98. The fraction of sp³-hybridized carbons (Fsp3) is 0.714. The number of rotatable bonds is 6. The van der Waals surface area contributed by atoms with Crippen LogP contribution in [0.15, 0.2) is 0 Å². The molecule has 0 aromatic heterocycles. The predicted octanol–water partition coefficient (Wildman–Crippen LogP) is 0.118. The Morgan fingerprint density at radius 2 is 1.85 bits per heavy atom. The van der Waals surface area contributed by atoms with Crippen molar-refractivity contribution in [1.29, 1.82) is 0 Å². The lowest BCUT2D eigenvalue weighted by Crippen LogP contribution is -2.34. The lowest BCUT2D eigenvalue weighted by molar-refractivity contribution is -0.143. The van der Waals surface area contributed by atoms with Gasteiger partial charge in [-0.15, -0.1) is 11.6 Å². The first-order chi connectivity index (χ1) is 5.99. The molecule has 0 aliphatic heterocycles. The van der Waals surface area contributed by atoms with Gasteiger partial charge in [-0.2, -0.15) is 0 Å². The van der Waals surface area contributed by atoms with Crippen LogP contribution in [0.4, 0.5) is 0 Å². The second kappa shape index (κ2) is 5.77. The Labute approximate surface area is 80.5 Å². The van der Waals surface area contributed by atoms with Gasteiger partial charge in [0.25, 0.3) is 0 Å². The van der Waals surface area contributed by atoms with Crippen LogP contribution in [0.25, 0.3) is 0 Å². The SMILES string of the molecule is N[C@@H](CC(CCCl)C(=O)O)C(=O)O. The van der Waals surface area contributed by atoms with Crippen molar-refractivity contribution in [3.8, 4) is 0 Å². The molecule has 5 nitrogen and oxygen atoms in total. The zero-order valence-corrected chi connectivity index (χ0v) is 7.70. The smallest absolute Gasteiger partial charge is 0.320 e. The molecular weight excluding hydrogens is 198 g/mol. The third-order valence-corrected chi connectivity index (χ3v) is 1.88. The topological polar surface area (TPSA) is 101 Å². The van der Waals surface area contributed by atoms with Gasteiger partial charge >= 0.3 is 11.9 Å². The summed E-state index contributed by atoms with van der Waals surface area (Å²) < 4.78 is 0. The average molecular weight is 210 g/mol. The molecule has 0 aliphatic rings. The van der Waals surface area contributed by atoms with Crippen molar-refractivity contribution < 1.29 is 19.8 Å². The highest BCUT2D eigenvalue weighted by atomic mass is 35.5. The summed E-state index contributed by atoms with van der Waals surface area (Å²) in [6.45, 7) is 0. The van der Waals surface area contributed by atoms with Gasteiger partial charge in [0.15, 0.2) is 0 Å². The molecule has 4 N–H and O–H groups in total. The van der Waals surface area contributed by atoms with Gasteiger partial charge in [-0.05, 0) is 12.8 Å². The van der Waals surface area contributed by atoms with Crippen LogP contribution in [-0.4, -0.2) is 34.1 Å². The van der Waals surface area contributed by atoms with Crippen LogP contribution in [0.3, 0.4) is 0 Å². The molecular formula is C7H12ClNO4. The van der Waals surface area contributed by atoms with Crippen molar-refractivity contribution >= 4 is 23.5 Å². The molecule has 6 heteroatoms. The summed E-state index contributed by atoms with van der Waals surface area (Å²) in [5.74, 6) is -2.84. The molecule has 1 unspecified atom stereocenters. The molecule has 0 saturated heterocycles. The number of halogens is 1. The summed E-state index contributed by atoms with van der Waals surface area (Å²) in [4.78, 5) is 20.9. The Balaban J connectivity index is 4.09. The molecule has 0 radical (unpaired) electrons. The van der Waals surface area contributed by atoms with E-state index in [0.717, 1.165) is 0 Å². The number of aliphatic carboxylic acids is 2. The van der Waals surface area contributed by atoms with Crippen molar-refractivity contribution in [2.45, 2.75) is 18.9 Å². The van der Waals surface area contributed by atoms with E-state index in [0.29, 0.717) is 0 Å². The summed E-state index contributed by atoms with van der Waals surface area (Å²) in [6, 6.07) is -1.13. The Morgan fingerprint density at radius 3 is 2.15 bits per heavy atom. The monoisotopic (exact) mass is 209 g/mol. The maximum Gasteiger partial charge on any atom is 0.320 e. The third-order valence-electron chi connectivity index (χ3n) is 1.66. The minimum absolute atomic E-state index is 0.0859. The van der Waals surface area contributed by atoms with Crippen LogP contribution >= 0.6 is 11.6 Å². The average Bonchev–Trinajstić information content (AvgIpc) is 2.03. The van der Waals surface area contributed by atoms with E-state index < -0.39 is 23.9 Å². The van der Waals surface area contributed by atoms with E-state index in [4.69, 9.17) is 27.5 Å². The largest absolute Gasteiger partial charge is 0.481 e. The summed E-state index contributed by atoms with van der Waals surface area (Å²) in [7, 11) is 0. The lowest BCUT2D eigenvalue weighted by Gasteiger charge is -2.12. The number of carboxylic acids is 2. The standard InChI is InChI=1S/C7H12ClNO4/c8-2-1-4(6(10)11)3-5(9)7(12)13/h4-5H,1-3,9H2,(H,10,11)(H,12,13)/t4?,5-/m0/s1. The van der Waals surface area contributed by atoms with Crippen molar-refractivity contribution in [3.63, 3.8) is 0 Å². The minimum atomic E-state index is -1.19. The highest BCUT2D eigenvalue weighted by molar-refractivity contribution is 6.17. The Morgan fingerprint density at radius 1 is 1.31 bits per heavy atom. The van der Waals surface area contributed by atoms with Crippen LogP contribution in [0.1, 0.15) is 12.8 Å². The molecule has 0 fully saturated rings. The van der Waals surface area contributed by atoms with Crippen LogP contribution in [0, 0.1) is 5.92 Å². The van der Waals surface area contributed by atoms with Gasteiger partial charge in [0.2, 0.25) is 0 Å². The molecule has 0 saturated carbocycles. The normalized spacial score (nSPS) is 14.9. The predicted molar refractivity (Wildman–Crippen MR) is 46.7 cm³/mol. The molecule has 13 heavy (non-hydrogen) atoms. The number of nitrogens with two attached hydrogens (primary N) is 1. The zero-order valence-electron chi connectivity index (χ0n) is 6.94. The molecule has 0 bridgehead atoms. The molecule has 0 amide bonds. The van der Waals surface area contributed by atoms with Crippen molar-refractivity contribution in [3.05, 3.63) is 0 Å². The molecule has 0 spiro atoms. The first-order valence-corrected chi connectivity index (χ1v) is 4.29. The van der Waals surface area contributed by atoms with E-state index in [9.17, 15) is 9.59 Å². The second-order valence-electron chi connectivity index (χ2n) is 2.69. The maximum absolute atomic E-state index is 10.5. The van der Waals surface area contributed by atoms with Crippen LogP contribution in [0.5, 0.6) is 0 Å². The third kappa shape index (κ3) is 4.69. The van der Waals surface area contributed by atoms with Crippen molar-refractivity contribution in [1.82, 2.24) is 0 Å². The molecule has 76 valence electrons. The maximum atomic E-state index is 10.5. The van der Waals surface area contributed by atoms with Crippen LogP contribution in [0.2, 0.25) is 0 Å². The highest BCUT2D eigenvalue weighted by Gasteiger charge is 2.23. The quantitative estimate of drug-likeness (QED) is 0.540. The summed E-state index contributed by atoms with van der Waals surface area (Å²) in [5.41, 5.74) is 5.18.